The normalized spacial score (nSPS) is 12.0. The van der Waals surface area contributed by atoms with Gasteiger partial charge in [-0.15, -0.1) is 11.3 Å². The summed E-state index contributed by atoms with van der Waals surface area (Å²) in [6.07, 6.45) is 0. The summed E-state index contributed by atoms with van der Waals surface area (Å²) in [5, 5.41) is 7.24. The van der Waals surface area contributed by atoms with Crippen molar-refractivity contribution in [2.75, 3.05) is 0 Å². The van der Waals surface area contributed by atoms with Gasteiger partial charge in [0.25, 0.3) is 0 Å². The first-order valence-corrected chi connectivity index (χ1v) is 5.78. The maximum Gasteiger partial charge on any atom is 0.191 e. The van der Waals surface area contributed by atoms with E-state index >= 15 is 0 Å². The number of aryl methyl sites for hydroxylation is 1. The van der Waals surface area contributed by atoms with E-state index in [1.807, 2.05) is 0 Å². The standard InChI is InChI=1S/C11H15N3S/c1-7-5-6-8(15-7)9-12-10(14-13-9)11(2,3)4/h5-6H,1-4H3,(H,12,13,14). The van der Waals surface area contributed by atoms with Crippen LogP contribution in [0.15, 0.2) is 12.1 Å². The zero-order chi connectivity index (χ0) is 11.1. The summed E-state index contributed by atoms with van der Waals surface area (Å²) in [6, 6.07) is 4.16. The van der Waals surface area contributed by atoms with Crippen molar-refractivity contribution >= 4 is 11.3 Å². The highest BCUT2D eigenvalue weighted by atomic mass is 32.1. The third kappa shape index (κ3) is 2.09. The molecule has 0 aliphatic heterocycles. The van der Waals surface area contributed by atoms with Crippen LogP contribution in [0, 0.1) is 6.92 Å². The van der Waals surface area contributed by atoms with Gasteiger partial charge in [0.2, 0.25) is 0 Å². The van der Waals surface area contributed by atoms with E-state index in [1.54, 1.807) is 11.3 Å². The van der Waals surface area contributed by atoms with Gasteiger partial charge in [-0.1, -0.05) is 20.8 Å². The minimum absolute atomic E-state index is 0.0254. The van der Waals surface area contributed by atoms with Crippen LogP contribution in [0.1, 0.15) is 31.5 Å². The molecule has 0 saturated heterocycles. The third-order valence-corrected chi connectivity index (χ3v) is 3.15. The van der Waals surface area contributed by atoms with E-state index in [0.717, 1.165) is 16.5 Å². The van der Waals surface area contributed by atoms with Crippen LogP contribution in [0.25, 0.3) is 10.7 Å². The minimum Gasteiger partial charge on any atom is -0.262 e. The Labute approximate surface area is 93.6 Å². The SMILES string of the molecule is Cc1ccc(-c2n[nH]c(C(C)(C)C)n2)s1. The number of rotatable bonds is 1. The molecular formula is C11H15N3S. The Hall–Kier alpha value is -1.16. The molecule has 0 aromatic carbocycles. The molecule has 2 aromatic rings. The summed E-state index contributed by atoms with van der Waals surface area (Å²) in [6.45, 7) is 8.45. The lowest BCUT2D eigenvalue weighted by Crippen LogP contribution is -2.13. The number of nitrogens with zero attached hydrogens (tertiary/aromatic N) is 2. The summed E-state index contributed by atoms with van der Waals surface area (Å²) in [5.74, 6) is 1.74. The van der Waals surface area contributed by atoms with E-state index in [1.165, 1.54) is 4.88 Å². The highest BCUT2D eigenvalue weighted by Crippen LogP contribution is 2.26. The number of hydrogen-bond acceptors (Lipinski definition) is 3. The number of thiophene rings is 1. The Kier molecular flexibility index (Phi) is 2.38. The largest absolute Gasteiger partial charge is 0.262 e. The highest BCUT2D eigenvalue weighted by Gasteiger charge is 2.19. The second-order valence-electron chi connectivity index (χ2n) is 4.67. The van der Waals surface area contributed by atoms with Gasteiger partial charge in [-0.3, -0.25) is 5.10 Å². The Bertz CT molecular complexity index is 462. The average Bonchev–Trinajstić information content (AvgIpc) is 2.69. The number of nitrogens with one attached hydrogen (secondary N) is 1. The molecule has 0 fully saturated rings. The van der Waals surface area contributed by atoms with Crippen LogP contribution in [0.2, 0.25) is 0 Å². The molecule has 15 heavy (non-hydrogen) atoms. The van der Waals surface area contributed by atoms with Gasteiger partial charge in [-0.2, -0.15) is 5.10 Å². The first kappa shape index (κ1) is 10.4. The fraction of sp³-hybridized carbons (Fsp3) is 0.455. The van der Waals surface area contributed by atoms with Gasteiger partial charge >= 0.3 is 0 Å². The van der Waals surface area contributed by atoms with Crippen LogP contribution < -0.4 is 0 Å². The Morgan fingerprint density at radius 2 is 2.00 bits per heavy atom. The topological polar surface area (TPSA) is 41.6 Å². The molecule has 0 spiro atoms. The maximum absolute atomic E-state index is 4.51. The maximum atomic E-state index is 4.51. The van der Waals surface area contributed by atoms with Crippen molar-refractivity contribution in [3.63, 3.8) is 0 Å². The number of H-pyrrole nitrogens is 1. The van der Waals surface area contributed by atoms with Crippen LogP contribution in [0.3, 0.4) is 0 Å². The van der Waals surface area contributed by atoms with E-state index in [-0.39, 0.29) is 5.41 Å². The predicted octanol–water partition coefficient (Wildman–Crippen LogP) is 3.14. The van der Waals surface area contributed by atoms with Crippen molar-refractivity contribution in [3.8, 4) is 10.7 Å². The highest BCUT2D eigenvalue weighted by molar-refractivity contribution is 7.15. The Morgan fingerprint density at radius 3 is 2.47 bits per heavy atom. The lowest BCUT2D eigenvalue weighted by molar-refractivity contribution is 0.548. The van der Waals surface area contributed by atoms with Crippen LogP contribution in [-0.4, -0.2) is 15.2 Å². The second kappa shape index (κ2) is 3.45. The molecule has 0 bridgehead atoms. The Balaban J connectivity index is 2.36. The lowest BCUT2D eigenvalue weighted by atomic mass is 9.96. The molecular weight excluding hydrogens is 206 g/mol. The van der Waals surface area contributed by atoms with Crippen LogP contribution in [0.5, 0.6) is 0 Å². The van der Waals surface area contributed by atoms with Crippen LogP contribution in [0.4, 0.5) is 0 Å². The summed E-state index contributed by atoms with van der Waals surface area (Å²) >= 11 is 1.72. The molecule has 2 heterocycles. The monoisotopic (exact) mass is 221 g/mol. The molecule has 1 N–H and O–H groups in total. The molecule has 2 aromatic heterocycles. The van der Waals surface area contributed by atoms with Gasteiger partial charge in [-0.05, 0) is 19.1 Å². The summed E-state index contributed by atoms with van der Waals surface area (Å²) in [4.78, 5) is 6.92. The molecule has 0 saturated carbocycles. The van der Waals surface area contributed by atoms with Crippen molar-refractivity contribution in [1.29, 1.82) is 0 Å². The van der Waals surface area contributed by atoms with E-state index < -0.39 is 0 Å². The first-order valence-electron chi connectivity index (χ1n) is 4.96. The predicted molar refractivity (Wildman–Crippen MR) is 63.1 cm³/mol. The zero-order valence-corrected chi connectivity index (χ0v) is 10.3. The zero-order valence-electron chi connectivity index (χ0n) is 9.46. The van der Waals surface area contributed by atoms with Crippen molar-refractivity contribution < 1.29 is 0 Å². The van der Waals surface area contributed by atoms with Crippen LogP contribution in [-0.2, 0) is 5.41 Å². The summed E-state index contributed by atoms with van der Waals surface area (Å²) in [7, 11) is 0. The third-order valence-electron chi connectivity index (χ3n) is 2.16. The second-order valence-corrected chi connectivity index (χ2v) is 5.96. The number of aromatic amines is 1. The molecule has 0 aliphatic rings. The van der Waals surface area contributed by atoms with Gasteiger partial charge < -0.3 is 0 Å². The number of hydrogen-bond donors (Lipinski definition) is 1. The van der Waals surface area contributed by atoms with Crippen molar-refractivity contribution in [3.05, 3.63) is 22.8 Å². The van der Waals surface area contributed by atoms with Crippen molar-refractivity contribution in [2.45, 2.75) is 33.1 Å². The van der Waals surface area contributed by atoms with Crippen molar-refractivity contribution in [2.24, 2.45) is 0 Å². The van der Waals surface area contributed by atoms with Gasteiger partial charge in [-0.25, -0.2) is 4.98 Å². The van der Waals surface area contributed by atoms with E-state index in [0.29, 0.717) is 0 Å². The van der Waals surface area contributed by atoms with Crippen molar-refractivity contribution in [1.82, 2.24) is 15.2 Å². The van der Waals surface area contributed by atoms with Gasteiger partial charge in [0.15, 0.2) is 5.82 Å². The van der Waals surface area contributed by atoms with Gasteiger partial charge in [0.1, 0.15) is 5.82 Å². The van der Waals surface area contributed by atoms with E-state index in [4.69, 9.17) is 0 Å². The van der Waals surface area contributed by atoms with E-state index in [2.05, 4.69) is 55.0 Å². The molecule has 80 valence electrons. The first-order chi connectivity index (χ1) is 6.97. The molecule has 4 heteroatoms. The number of aromatic nitrogens is 3. The fourth-order valence-corrected chi connectivity index (χ4v) is 2.06. The van der Waals surface area contributed by atoms with Crippen LogP contribution >= 0.6 is 11.3 Å². The summed E-state index contributed by atoms with van der Waals surface area (Å²) in [5.41, 5.74) is 0.0254. The lowest BCUT2D eigenvalue weighted by Gasteiger charge is -2.12. The molecule has 2 rings (SSSR count). The Morgan fingerprint density at radius 1 is 1.27 bits per heavy atom. The molecule has 3 nitrogen and oxygen atoms in total. The molecule has 0 amide bonds. The average molecular weight is 221 g/mol. The van der Waals surface area contributed by atoms with Gasteiger partial charge in [0.05, 0.1) is 4.88 Å². The quantitative estimate of drug-likeness (QED) is 0.803. The van der Waals surface area contributed by atoms with E-state index in [9.17, 15) is 0 Å². The minimum atomic E-state index is 0.0254. The fourth-order valence-electron chi connectivity index (χ4n) is 1.26. The summed E-state index contributed by atoms with van der Waals surface area (Å²) < 4.78 is 0. The van der Waals surface area contributed by atoms with Gasteiger partial charge in [0, 0.05) is 10.3 Å². The molecule has 0 unspecified atom stereocenters. The molecule has 0 atom stereocenters. The molecule has 0 aliphatic carbocycles. The smallest absolute Gasteiger partial charge is 0.191 e. The molecule has 0 radical (unpaired) electrons.